The van der Waals surface area contributed by atoms with Crippen LogP contribution in [0.15, 0.2) is 0 Å². The van der Waals surface area contributed by atoms with Gasteiger partial charge in [-0.3, -0.25) is 0 Å². The predicted molar refractivity (Wildman–Crippen MR) is 87.3 cm³/mol. The molecule has 120 valence electrons. The Bertz CT molecular complexity index is 251. The fourth-order valence-corrected chi connectivity index (χ4v) is 3.25. The molecule has 0 saturated carbocycles. The van der Waals surface area contributed by atoms with Gasteiger partial charge in [0.05, 0.1) is 6.10 Å². The fourth-order valence-electron chi connectivity index (χ4n) is 3.25. The van der Waals surface area contributed by atoms with E-state index in [4.69, 9.17) is 4.74 Å². The third-order valence-corrected chi connectivity index (χ3v) is 5.17. The van der Waals surface area contributed by atoms with Crippen LogP contribution in [-0.4, -0.2) is 49.8 Å². The second-order valence-electron chi connectivity index (χ2n) is 6.68. The van der Waals surface area contributed by atoms with E-state index < -0.39 is 0 Å². The molecule has 1 aliphatic heterocycles. The Kier molecular flexibility index (Phi) is 8.08. The van der Waals surface area contributed by atoms with E-state index in [-0.39, 0.29) is 5.54 Å². The van der Waals surface area contributed by atoms with Crippen molar-refractivity contribution in [3.05, 3.63) is 0 Å². The maximum absolute atomic E-state index is 5.74. The van der Waals surface area contributed by atoms with Crippen molar-refractivity contribution in [2.45, 2.75) is 83.4 Å². The summed E-state index contributed by atoms with van der Waals surface area (Å²) < 4.78 is 5.74. The second-order valence-corrected chi connectivity index (χ2v) is 6.68. The van der Waals surface area contributed by atoms with Crippen LogP contribution in [0.2, 0.25) is 0 Å². The molecule has 0 spiro atoms. The van der Waals surface area contributed by atoms with Gasteiger partial charge < -0.3 is 15.0 Å². The summed E-state index contributed by atoms with van der Waals surface area (Å²) in [6.45, 7) is 9.04. The predicted octanol–water partition coefficient (Wildman–Crippen LogP) is 3.43. The van der Waals surface area contributed by atoms with Crippen LogP contribution in [0.25, 0.3) is 0 Å². The molecule has 3 atom stereocenters. The van der Waals surface area contributed by atoms with Gasteiger partial charge in [0, 0.05) is 18.2 Å². The van der Waals surface area contributed by atoms with Gasteiger partial charge in [-0.05, 0) is 72.5 Å². The highest BCUT2D eigenvalue weighted by Crippen LogP contribution is 2.26. The van der Waals surface area contributed by atoms with Crippen LogP contribution < -0.4 is 5.32 Å². The monoisotopic (exact) mass is 284 g/mol. The van der Waals surface area contributed by atoms with Crippen LogP contribution in [0.5, 0.6) is 0 Å². The summed E-state index contributed by atoms with van der Waals surface area (Å²) in [6, 6.07) is 0.573. The first-order chi connectivity index (χ1) is 9.54. The highest BCUT2D eigenvalue weighted by atomic mass is 16.5. The maximum atomic E-state index is 5.74. The molecular formula is C17H36N2O. The summed E-state index contributed by atoms with van der Waals surface area (Å²) in [4.78, 5) is 2.40. The molecule has 0 radical (unpaired) electrons. The van der Waals surface area contributed by atoms with Crippen LogP contribution >= 0.6 is 0 Å². The molecule has 1 N–H and O–H groups in total. The minimum atomic E-state index is 0.242. The second kappa shape index (κ2) is 9.01. The van der Waals surface area contributed by atoms with Crippen LogP contribution in [0.1, 0.15) is 65.7 Å². The van der Waals surface area contributed by atoms with Gasteiger partial charge in [-0.1, -0.05) is 13.8 Å². The average molecular weight is 284 g/mol. The molecule has 3 nitrogen and oxygen atoms in total. The van der Waals surface area contributed by atoms with Crippen molar-refractivity contribution in [3.63, 3.8) is 0 Å². The molecule has 3 heteroatoms. The lowest BCUT2D eigenvalue weighted by atomic mass is 9.84. The van der Waals surface area contributed by atoms with E-state index >= 15 is 0 Å². The van der Waals surface area contributed by atoms with E-state index in [0.717, 1.165) is 13.2 Å². The molecule has 1 aliphatic rings. The number of hydrogen-bond donors (Lipinski definition) is 1. The van der Waals surface area contributed by atoms with Crippen LogP contribution in [-0.2, 0) is 4.74 Å². The molecule has 1 saturated heterocycles. The van der Waals surface area contributed by atoms with Crippen molar-refractivity contribution < 1.29 is 4.74 Å². The van der Waals surface area contributed by atoms with Gasteiger partial charge >= 0.3 is 0 Å². The van der Waals surface area contributed by atoms with Crippen molar-refractivity contribution in [1.82, 2.24) is 10.2 Å². The Balaban J connectivity index is 2.49. The number of rotatable bonds is 10. The number of likely N-dealkylation sites (N-methyl/N-ethyl adjacent to an activating group) is 1. The SMILES string of the molecule is CCCNC(CCCC1CCCO1)C(C)(CC)N(C)C. The maximum Gasteiger partial charge on any atom is 0.0576 e. The molecule has 1 rings (SSSR count). The van der Waals surface area contributed by atoms with Crippen molar-refractivity contribution in [2.24, 2.45) is 0 Å². The number of nitrogens with one attached hydrogen (secondary N) is 1. The van der Waals surface area contributed by atoms with E-state index in [9.17, 15) is 0 Å². The van der Waals surface area contributed by atoms with E-state index in [1.54, 1.807) is 0 Å². The van der Waals surface area contributed by atoms with Crippen LogP contribution in [0, 0.1) is 0 Å². The highest BCUT2D eigenvalue weighted by Gasteiger charge is 2.34. The summed E-state index contributed by atoms with van der Waals surface area (Å²) in [5, 5.41) is 3.79. The zero-order valence-electron chi connectivity index (χ0n) is 14.4. The number of hydrogen-bond acceptors (Lipinski definition) is 3. The molecule has 0 bridgehead atoms. The molecule has 0 aliphatic carbocycles. The smallest absolute Gasteiger partial charge is 0.0576 e. The molecule has 0 amide bonds. The number of nitrogens with zero attached hydrogens (tertiary/aromatic N) is 1. The molecule has 3 unspecified atom stereocenters. The van der Waals surface area contributed by atoms with Gasteiger partial charge in [0.1, 0.15) is 0 Å². The van der Waals surface area contributed by atoms with Gasteiger partial charge in [-0.15, -0.1) is 0 Å². The minimum Gasteiger partial charge on any atom is -0.378 e. The third-order valence-electron chi connectivity index (χ3n) is 5.17. The normalized spacial score (nSPS) is 24.0. The van der Waals surface area contributed by atoms with E-state index in [1.807, 2.05) is 0 Å². The third kappa shape index (κ3) is 5.01. The Hall–Kier alpha value is -0.120. The Morgan fingerprint density at radius 2 is 2.10 bits per heavy atom. The summed E-state index contributed by atoms with van der Waals surface area (Å²) in [7, 11) is 4.43. The molecule has 0 aromatic heterocycles. The van der Waals surface area contributed by atoms with Crippen LogP contribution in [0.3, 0.4) is 0 Å². The van der Waals surface area contributed by atoms with Gasteiger partial charge in [-0.2, -0.15) is 0 Å². The molecule has 0 aromatic rings. The highest BCUT2D eigenvalue weighted by molar-refractivity contribution is 4.94. The van der Waals surface area contributed by atoms with Gasteiger partial charge in [0.2, 0.25) is 0 Å². The molecular weight excluding hydrogens is 248 g/mol. The van der Waals surface area contributed by atoms with Crippen LogP contribution in [0.4, 0.5) is 0 Å². The summed E-state index contributed by atoms with van der Waals surface area (Å²) >= 11 is 0. The molecule has 1 heterocycles. The van der Waals surface area contributed by atoms with Gasteiger partial charge in [-0.25, -0.2) is 0 Å². The fraction of sp³-hybridized carbons (Fsp3) is 1.00. The Labute approximate surface area is 126 Å². The summed E-state index contributed by atoms with van der Waals surface area (Å²) in [5.41, 5.74) is 0.242. The first-order valence-corrected chi connectivity index (χ1v) is 8.57. The lowest BCUT2D eigenvalue weighted by molar-refractivity contribution is 0.0875. The summed E-state index contributed by atoms with van der Waals surface area (Å²) in [6.07, 6.45) is 9.21. The standard InChI is InChI=1S/C17H36N2O/c1-6-13-18-16(17(3,7-2)19(4)5)12-8-10-15-11-9-14-20-15/h15-16,18H,6-14H2,1-5H3. The van der Waals surface area contributed by atoms with Crippen molar-refractivity contribution >= 4 is 0 Å². The minimum absolute atomic E-state index is 0.242. The topological polar surface area (TPSA) is 24.5 Å². The van der Waals surface area contributed by atoms with Crippen molar-refractivity contribution in [3.8, 4) is 0 Å². The Morgan fingerprint density at radius 3 is 2.60 bits per heavy atom. The van der Waals surface area contributed by atoms with Gasteiger partial charge in [0.25, 0.3) is 0 Å². The lowest BCUT2D eigenvalue weighted by Gasteiger charge is -2.43. The van der Waals surface area contributed by atoms with Crippen molar-refractivity contribution in [1.29, 1.82) is 0 Å². The molecule has 1 fully saturated rings. The van der Waals surface area contributed by atoms with Gasteiger partial charge in [0.15, 0.2) is 0 Å². The van der Waals surface area contributed by atoms with E-state index in [0.29, 0.717) is 12.1 Å². The average Bonchev–Trinajstić information content (AvgIpc) is 2.94. The lowest BCUT2D eigenvalue weighted by Crippen LogP contribution is -2.57. The molecule has 0 aromatic carbocycles. The summed E-state index contributed by atoms with van der Waals surface area (Å²) in [5.74, 6) is 0. The largest absolute Gasteiger partial charge is 0.378 e. The number of ether oxygens (including phenoxy) is 1. The van der Waals surface area contributed by atoms with E-state index in [2.05, 4.69) is 45.1 Å². The Morgan fingerprint density at radius 1 is 1.35 bits per heavy atom. The zero-order chi connectivity index (χ0) is 15.0. The van der Waals surface area contributed by atoms with E-state index in [1.165, 1.54) is 44.9 Å². The first kappa shape index (κ1) is 17.9. The first-order valence-electron chi connectivity index (χ1n) is 8.57. The van der Waals surface area contributed by atoms with Crippen molar-refractivity contribution in [2.75, 3.05) is 27.2 Å². The zero-order valence-corrected chi connectivity index (χ0v) is 14.4. The molecule has 20 heavy (non-hydrogen) atoms. The quantitative estimate of drug-likeness (QED) is 0.665.